The third-order valence-corrected chi connectivity index (χ3v) is 3.43. The Morgan fingerprint density at radius 1 is 1.31 bits per heavy atom. The molecule has 1 saturated heterocycles. The summed E-state index contributed by atoms with van der Waals surface area (Å²) in [6, 6.07) is 5.95. The van der Waals surface area contributed by atoms with Crippen LogP contribution in [0.15, 0.2) is 18.2 Å². The van der Waals surface area contributed by atoms with Gasteiger partial charge in [-0.2, -0.15) is 0 Å². The normalized spacial score (nSPS) is 22.3. The lowest BCUT2D eigenvalue weighted by molar-refractivity contribution is 0.178. The first-order chi connectivity index (χ1) is 7.70. The van der Waals surface area contributed by atoms with Crippen LogP contribution in [0.3, 0.4) is 0 Å². The third-order valence-electron chi connectivity index (χ3n) is 2.99. The first kappa shape index (κ1) is 12.2. The van der Waals surface area contributed by atoms with Crippen molar-refractivity contribution in [2.75, 3.05) is 20.3 Å². The molecular formula is C12H15Cl2NO. The summed E-state index contributed by atoms with van der Waals surface area (Å²) in [7, 11) is 1.96. The van der Waals surface area contributed by atoms with E-state index >= 15 is 0 Å². The molecule has 1 aromatic carbocycles. The number of benzene rings is 1. The van der Waals surface area contributed by atoms with E-state index in [0.717, 1.165) is 25.2 Å². The fourth-order valence-electron chi connectivity index (χ4n) is 2.24. The van der Waals surface area contributed by atoms with Gasteiger partial charge >= 0.3 is 0 Å². The average molecular weight is 260 g/mol. The quantitative estimate of drug-likeness (QED) is 0.900. The van der Waals surface area contributed by atoms with Gasteiger partial charge in [-0.1, -0.05) is 23.2 Å². The molecule has 0 aliphatic carbocycles. The van der Waals surface area contributed by atoms with Gasteiger partial charge in [0.1, 0.15) is 0 Å². The Labute approximate surface area is 106 Å². The average Bonchev–Trinajstić information content (AvgIpc) is 2.70. The van der Waals surface area contributed by atoms with Crippen molar-refractivity contribution in [2.24, 2.45) is 5.92 Å². The van der Waals surface area contributed by atoms with Crippen molar-refractivity contribution in [3.05, 3.63) is 33.8 Å². The van der Waals surface area contributed by atoms with Gasteiger partial charge in [-0.25, -0.2) is 0 Å². The predicted octanol–water partition coefficient (Wildman–Crippen LogP) is 3.29. The van der Waals surface area contributed by atoms with E-state index in [4.69, 9.17) is 27.9 Å². The highest BCUT2D eigenvalue weighted by atomic mass is 35.5. The zero-order valence-electron chi connectivity index (χ0n) is 9.17. The lowest BCUT2D eigenvalue weighted by atomic mass is 9.92. The van der Waals surface area contributed by atoms with Crippen LogP contribution >= 0.6 is 23.2 Å². The molecule has 2 unspecified atom stereocenters. The Bertz CT molecular complexity index is 344. The molecule has 1 N–H and O–H groups in total. The predicted molar refractivity (Wildman–Crippen MR) is 67.2 cm³/mol. The van der Waals surface area contributed by atoms with Crippen LogP contribution in [0.25, 0.3) is 0 Å². The Hall–Kier alpha value is -0.280. The molecule has 1 heterocycles. The Balaban J connectivity index is 2.24. The number of nitrogens with one attached hydrogen (secondary N) is 1. The minimum Gasteiger partial charge on any atom is -0.381 e. The molecule has 1 fully saturated rings. The van der Waals surface area contributed by atoms with Gasteiger partial charge in [0.05, 0.1) is 6.61 Å². The van der Waals surface area contributed by atoms with E-state index in [1.54, 1.807) is 6.07 Å². The van der Waals surface area contributed by atoms with Gasteiger partial charge in [0, 0.05) is 28.6 Å². The number of halogens is 2. The second-order valence-electron chi connectivity index (χ2n) is 4.09. The highest BCUT2D eigenvalue weighted by molar-refractivity contribution is 6.34. The Kier molecular flexibility index (Phi) is 4.09. The highest BCUT2D eigenvalue weighted by Crippen LogP contribution is 2.31. The molecule has 1 aromatic rings. The zero-order chi connectivity index (χ0) is 11.5. The summed E-state index contributed by atoms with van der Waals surface area (Å²) >= 11 is 12.0. The molecule has 1 aliphatic rings. The molecule has 2 nitrogen and oxygen atoms in total. The number of rotatable bonds is 3. The third kappa shape index (κ3) is 2.69. The van der Waals surface area contributed by atoms with Crippen molar-refractivity contribution < 1.29 is 4.74 Å². The molecule has 0 bridgehead atoms. The van der Waals surface area contributed by atoms with E-state index < -0.39 is 0 Å². The van der Waals surface area contributed by atoms with Crippen LogP contribution in [0.5, 0.6) is 0 Å². The maximum atomic E-state index is 6.01. The molecule has 4 heteroatoms. The van der Waals surface area contributed by atoms with Gasteiger partial charge in [0.2, 0.25) is 0 Å². The van der Waals surface area contributed by atoms with Crippen molar-refractivity contribution in [1.82, 2.24) is 5.32 Å². The molecule has 0 amide bonds. The molecule has 0 spiro atoms. The molecule has 0 aromatic heterocycles. The number of ether oxygens (including phenoxy) is 1. The fourth-order valence-corrected chi connectivity index (χ4v) is 2.79. The van der Waals surface area contributed by atoms with Gasteiger partial charge in [-0.15, -0.1) is 0 Å². The van der Waals surface area contributed by atoms with Crippen LogP contribution in [0.4, 0.5) is 0 Å². The minimum absolute atomic E-state index is 0.263. The second-order valence-corrected chi connectivity index (χ2v) is 4.97. The fraction of sp³-hybridized carbons (Fsp3) is 0.500. The van der Waals surface area contributed by atoms with E-state index in [0.29, 0.717) is 16.0 Å². The highest BCUT2D eigenvalue weighted by Gasteiger charge is 2.26. The van der Waals surface area contributed by atoms with Crippen molar-refractivity contribution in [2.45, 2.75) is 12.5 Å². The summed E-state index contributed by atoms with van der Waals surface area (Å²) in [6.45, 7) is 1.65. The summed E-state index contributed by atoms with van der Waals surface area (Å²) in [5.74, 6) is 0.500. The molecule has 2 rings (SSSR count). The van der Waals surface area contributed by atoms with Crippen LogP contribution in [-0.2, 0) is 4.74 Å². The smallest absolute Gasteiger partial charge is 0.0513 e. The topological polar surface area (TPSA) is 21.3 Å². The van der Waals surface area contributed by atoms with Crippen molar-refractivity contribution in [1.29, 1.82) is 0 Å². The summed E-state index contributed by atoms with van der Waals surface area (Å²) in [5.41, 5.74) is 1.13. The lowest BCUT2D eigenvalue weighted by Gasteiger charge is -2.22. The van der Waals surface area contributed by atoms with Crippen LogP contribution in [0, 0.1) is 5.92 Å². The standard InChI is InChI=1S/C12H15Cl2NO/c1-15-12(8-2-3-16-7-8)9-4-10(13)6-11(14)5-9/h4-6,8,12,15H,2-3,7H2,1H3. The maximum Gasteiger partial charge on any atom is 0.0513 e. The van der Waals surface area contributed by atoms with E-state index in [-0.39, 0.29) is 6.04 Å². The second kappa shape index (κ2) is 5.37. The van der Waals surface area contributed by atoms with Crippen LogP contribution in [0.1, 0.15) is 18.0 Å². The maximum absolute atomic E-state index is 6.01. The van der Waals surface area contributed by atoms with Gasteiger partial charge < -0.3 is 10.1 Å². The van der Waals surface area contributed by atoms with Crippen molar-refractivity contribution in [3.63, 3.8) is 0 Å². The molecule has 0 saturated carbocycles. The summed E-state index contributed by atoms with van der Waals surface area (Å²) in [6.07, 6.45) is 1.08. The zero-order valence-corrected chi connectivity index (χ0v) is 10.7. The van der Waals surface area contributed by atoms with Crippen LogP contribution < -0.4 is 5.32 Å². The summed E-state index contributed by atoms with van der Waals surface area (Å²) < 4.78 is 5.42. The van der Waals surface area contributed by atoms with Gasteiger partial charge in [-0.3, -0.25) is 0 Å². The first-order valence-corrected chi connectivity index (χ1v) is 6.17. The number of hydrogen-bond donors (Lipinski definition) is 1. The van der Waals surface area contributed by atoms with Gasteiger partial charge in [0.15, 0.2) is 0 Å². The van der Waals surface area contributed by atoms with E-state index in [9.17, 15) is 0 Å². The molecule has 2 atom stereocenters. The molecule has 1 aliphatic heterocycles. The summed E-state index contributed by atoms with van der Waals surface area (Å²) in [5, 5.41) is 4.68. The first-order valence-electron chi connectivity index (χ1n) is 5.41. The Morgan fingerprint density at radius 2 is 2.00 bits per heavy atom. The van der Waals surface area contributed by atoms with Gasteiger partial charge in [-0.05, 0) is 37.2 Å². The summed E-state index contributed by atoms with van der Waals surface area (Å²) in [4.78, 5) is 0. The SMILES string of the molecule is CNC(c1cc(Cl)cc(Cl)c1)C1CCOC1. The van der Waals surface area contributed by atoms with Crippen molar-refractivity contribution in [3.8, 4) is 0 Å². The van der Waals surface area contributed by atoms with Gasteiger partial charge in [0.25, 0.3) is 0 Å². The Morgan fingerprint density at radius 3 is 2.50 bits per heavy atom. The molecular weight excluding hydrogens is 245 g/mol. The number of hydrogen-bond acceptors (Lipinski definition) is 2. The monoisotopic (exact) mass is 259 g/mol. The van der Waals surface area contributed by atoms with Crippen LogP contribution in [-0.4, -0.2) is 20.3 Å². The molecule has 16 heavy (non-hydrogen) atoms. The largest absolute Gasteiger partial charge is 0.381 e. The van der Waals surface area contributed by atoms with Crippen LogP contribution in [0.2, 0.25) is 10.0 Å². The minimum atomic E-state index is 0.263. The van der Waals surface area contributed by atoms with E-state index in [1.807, 2.05) is 19.2 Å². The lowest BCUT2D eigenvalue weighted by Crippen LogP contribution is -2.25. The molecule has 0 radical (unpaired) electrons. The van der Waals surface area contributed by atoms with Crippen molar-refractivity contribution >= 4 is 23.2 Å². The van der Waals surface area contributed by atoms with E-state index in [2.05, 4.69) is 5.32 Å². The molecule has 88 valence electrons. The van der Waals surface area contributed by atoms with E-state index in [1.165, 1.54) is 0 Å².